The smallest absolute Gasteiger partial charge is 0.233 e. The Bertz CT molecular complexity index is 833. The van der Waals surface area contributed by atoms with Gasteiger partial charge in [0.05, 0.1) is 5.75 Å². The van der Waals surface area contributed by atoms with E-state index >= 15 is 0 Å². The molecule has 26 heavy (non-hydrogen) atoms. The molecule has 6 nitrogen and oxygen atoms in total. The van der Waals surface area contributed by atoms with E-state index in [0.717, 1.165) is 35.1 Å². The van der Waals surface area contributed by atoms with Gasteiger partial charge in [-0.2, -0.15) is 11.3 Å². The molecule has 0 unspecified atom stereocenters. The zero-order valence-electron chi connectivity index (χ0n) is 14.8. The van der Waals surface area contributed by atoms with Gasteiger partial charge in [-0.15, -0.1) is 10.2 Å². The number of rotatable bonds is 8. The number of thiophene rings is 1. The highest BCUT2D eigenvalue weighted by Crippen LogP contribution is 2.24. The summed E-state index contributed by atoms with van der Waals surface area (Å²) in [6, 6.07) is 5.88. The highest BCUT2D eigenvalue weighted by Gasteiger charge is 2.16. The highest BCUT2D eigenvalue weighted by molar-refractivity contribution is 7.99. The Morgan fingerprint density at radius 2 is 2.08 bits per heavy atom. The number of amides is 1. The molecule has 0 saturated heterocycles. The number of carbonyl (C=O) groups excluding carboxylic acids is 1. The fraction of sp³-hybridized carbons (Fsp3) is 0.333. The van der Waals surface area contributed by atoms with Gasteiger partial charge >= 0.3 is 0 Å². The first-order valence-electron chi connectivity index (χ1n) is 8.40. The molecule has 8 heteroatoms. The van der Waals surface area contributed by atoms with Crippen LogP contribution in [0.3, 0.4) is 0 Å². The predicted octanol–water partition coefficient (Wildman–Crippen LogP) is 3.56. The zero-order valence-corrected chi connectivity index (χ0v) is 16.5. The van der Waals surface area contributed by atoms with Gasteiger partial charge in [0.2, 0.25) is 5.91 Å². The van der Waals surface area contributed by atoms with Crippen molar-refractivity contribution in [2.45, 2.75) is 31.6 Å². The molecule has 0 aromatic carbocycles. The van der Waals surface area contributed by atoms with Crippen molar-refractivity contribution < 1.29 is 4.79 Å². The molecule has 0 radical (unpaired) electrons. The van der Waals surface area contributed by atoms with Gasteiger partial charge in [0.25, 0.3) is 0 Å². The first-order valence-corrected chi connectivity index (χ1v) is 10.3. The number of hydrogen-bond donors (Lipinski definition) is 0. The summed E-state index contributed by atoms with van der Waals surface area (Å²) < 4.78 is 2.08. The quantitative estimate of drug-likeness (QED) is 0.553. The molecule has 3 aromatic heterocycles. The molecule has 0 saturated carbocycles. The average molecular weight is 388 g/mol. The second-order valence-electron chi connectivity index (χ2n) is 5.86. The van der Waals surface area contributed by atoms with E-state index in [4.69, 9.17) is 0 Å². The first-order chi connectivity index (χ1) is 12.7. The van der Waals surface area contributed by atoms with Crippen molar-refractivity contribution in [2.24, 2.45) is 0 Å². The number of hydrogen-bond acceptors (Lipinski definition) is 6. The summed E-state index contributed by atoms with van der Waals surface area (Å²) in [5, 5.41) is 13.5. The van der Waals surface area contributed by atoms with E-state index in [1.165, 1.54) is 11.8 Å². The molecule has 0 spiro atoms. The maximum atomic E-state index is 12.4. The Morgan fingerprint density at radius 1 is 1.27 bits per heavy atom. The average Bonchev–Trinajstić information content (AvgIpc) is 3.31. The van der Waals surface area contributed by atoms with E-state index in [1.54, 1.807) is 28.6 Å². The summed E-state index contributed by atoms with van der Waals surface area (Å²) in [7, 11) is 1.83. The van der Waals surface area contributed by atoms with Crippen LogP contribution in [0.25, 0.3) is 11.4 Å². The molecule has 0 N–H and O–H groups in total. The largest absolute Gasteiger partial charge is 0.341 e. The molecule has 3 aromatic rings. The van der Waals surface area contributed by atoms with Crippen LogP contribution in [0.2, 0.25) is 0 Å². The molecule has 0 fully saturated rings. The minimum absolute atomic E-state index is 0.0812. The normalized spacial score (nSPS) is 10.8. The lowest BCUT2D eigenvalue weighted by Gasteiger charge is -2.16. The molecular formula is C18H21N5OS2. The molecular weight excluding hydrogens is 366 g/mol. The second kappa shape index (κ2) is 8.95. The van der Waals surface area contributed by atoms with Gasteiger partial charge in [-0.1, -0.05) is 18.7 Å². The zero-order chi connectivity index (χ0) is 18.4. The van der Waals surface area contributed by atoms with Crippen molar-refractivity contribution in [1.29, 1.82) is 0 Å². The molecule has 0 aliphatic rings. The standard InChI is InChI=1S/C18H21N5OS2/c1-3-9-23-17(15-4-7-19-8-5-15)20-21-18(23)26-13-16(24)22(2)11-14-6-10-25-12-14/h4-8,10,12H,3,9,11,13H2,1-2H3. The fourth-order valence-electron chi connectivity index (χ4n) is 2.52. The van der Waals surface area contributed by atoms with Crippen molar-refractivity contribution in [3.63, 3.8) is 0 Å². The number of pyridine rings is 1. The van der Waals surface area contributed by atoms with Crippen molar-refractivity contribution in [3.8, 4) is 11.4 Å². The van der Waals surface area contributed by atoms with Crippen LogP contribution in [-0.4, -0.2) is 43.4 Å². The number of aromatic nitrogens is 4. The topological polar surface area (TPSA) is 63.9 Å². The third-order valence-electron chi connectivity index (χ3n) is 3.85. The van der Waals surface area contributed by atoms with Gasteiger partial charge < -0.3 is 9.47 Å². The Morgan fingerprint density at radius 3 is 2.77 bits per heavy atom. The Labute approximate surface area is 161 Å². The van der Waals surface area contributed by atoms with Crippen molar-refractivity contribution in [2.75, 3.05) is 12.8 Å². The number of nitrogens with zero attached hydrogens (tertiary/aromatic N) is 5. The maximum absolute atomic E-state index is 12.4. The third-order valence-corrected chi connectivity index (χ3v) is 5.54. The van der Waals surface area contributed by atoms with E-state index in [0.29, 0.717) is 12.3 Å². The number of carbonyl (C=O) groups is 1. The van der Waals surface area contributed by atoms with Gasteiger partial charge in [-0.3, -0.25) is 9.78 Å². The SMILES string of the molecule is CCCn1c(SCC(=O)N(C)Cc2ccsc2)nnc1-c1ccncc1. The van der Waals surface area contributed by atoms with Crippen LogP contribution < -0.4 is 0 Å². The lowest BCUT2D eigenvalue weighted by Crippen LogP contribution is -2.27. The van der Waals surface area contributed by atoms with Crippen LogP contribution in [0.5, 0.6) is 0 Å². The van der Waals surface area contributed by atoms with Gasteiger partial charge in [-0.05, 0) is 40.9 Å². The Hall–Kier alpha value is -2.19. The van der Waals surface area contributed by atoms with Crippen molar-refractivity contribution in [3.05, 3.63) is 46.9 Å². The molecule has 3 heterocycles. The van der Waals surface area contributed by atoms with Gasteiger partial charge in [-0.25, -0.2) is 0 Å². The summed E-state index contributed by atoms with van der Waals surface area (Å²) in [5.41, 5.74) is 2.14. The number of thioether (sulfide) groups is 1. The van der Waals surface area contributed by atoms with Crippen LogP contribution >= 0.6 is 23.1 Å². The lowest BCUT2D eigenvalue weighted by molar-refractivity contribution is -0.127. The first kappa shape index (κ1) is 18.6. The van der Waals surface area contributed by atoms with Crippen LogP contribution in [0.4, 0.5) is 0 Å². The minimum atomic E-state index is 0.0812. The van der Waals surface area contributed by atoms with E-state index in [-0.39, 0.29) is 5.91 Å². The summed E-state index contributed by atoms with van der Waals surface area (Å²) in [6.07, 6.45) is 4.46. The minimum Gasteiger partial charge on any atom is -0.341 e. The predicted molar refractivity (Wildman–Crippen MR) is 105 cm³/mol. The summed E-state index contributed by atoms with van der Waals surface area (Å²) >= 11 is 3.08. The van der Waals surface area contributed by atoms with Crippen LogP contribution in [-0.2, 0) is 17.9 Å². The highest BCUT2D eigenvalue weighted by atomic mass is 32.2. The molecule has 136 valence electrons. The Kier molecular flexibility index (Phi) is 6.40. The molecule has 0 atom stereocenters. The monoisotopic (exact) mass is 387 g/mol. The van der Waals surface area contributed by atoms with Crippen molar-refractivity contribution in [1.82, 2.24) is 24.6 Å². The maximum Gasteiger partial charge on any atom is 0.233 e. The van der Waals surface area contributed by atoms with Gasteiger partial charge in [0, 0.05) is 38.1 Å². The van der Waals surface area contributed by atoms with Gasteiger partial charge in [0.15, 0.2) is 11.0 Å². The molecule has 0 bridgehead atoms. The summed E-state index contributed by atoms with van der Waals surface area (Å²) in [4.78, 5) is 18.2. The molecule has 0 aliphatic carbocycles. The van der Waals surface area contributed by atoms with E-state index in [9.17, 15) is 4.79 Å². The van der Waals surface area contributed by atoms with E-state index in [1.807, 2.05) is 30.6 Å². The van der Waals surface area contributed by atoms with Crippen LogP contribution in [0, 0.1) is 0 Å². The molecule has 3 rings (SSSR count). The third kappa shape index (κ3) is 4.50. The summed E-state index contributed by atoms with van der Waals surface area (Å²) in [5.74, 6) is 1.24. The lowest BCUT2D eigenvalue weighted by atomic mass is 10.2. The molecule has 0 aliphatic heterocycles. The Balaban J connectivity index is 1.67. The molecule has 1 amide bonds. The van der Waals surface area contributed by atoms with E-state index in [2.05, 4.69) is 32.1 Å². The van der Waals surface area contributed by atoms with Gasteiger partial charge in [0.1, 0.15) is 0 Å². The van der Waals surface area contributed by atoms with Crippen LogP contribution in [0.15, 0.2) is 46.5 Å². The summed E-state index contributed by atoms with van der Waals surface area (Å²) in [6.45, 7) is 3.56. The van der Waals surface area contributed by atoms with Crippen molar-refractivity contribution >= 4 is 29.0 Å². The fourth-order valence-corrected chi connectivity index (χ4v) is 4.08. The second-order valence-corrected chi connectivity index (χ2v) is 7.59. The van der Waals surface area contributed by atoms with E-state index < -0.39 is 0 Å². The van der Waals surface area contributed by atoms with Crippen LogP contribution in [0.1, 0.15) is 18.9 Å².